The lowest BCUT2D eigenvalue weighted by atomic mass is 10.1. The molecule has 0 radical (unpaired) electrons. The maximum Gasteiger partial charge on any atom is 0.354 e. The molecule has 1 aromatic carbocycles. The number of aliphatic hydroxyl groups is 1. The molecule has 0 spiro atoms. The Labute approximate surface area is 117 Å². The highest BCUT2D eigenvalue weighted by molar-refractivity contribution is 5.97. The summed E-state index contributed by atoms with van der Waals surface area (Å²) in [6.07, 6.45) is -0.510. The third-order valence-corrected chi connectivity index (χ3v) is 3.21. The van der Waals surface area contributed by atoms with Gasteiger partial charge in [-0.1, -0.05) is 38.1 Å². The third kappa shape index (κ3) is 3.05. The zero-order valence-electron chi connectivity index (χ0n) is 11.5. The first-order chi connectivity index (χ1) is 9.49. The number of carboxylic acid groups (broad SMARTS) is 1. The number of aromatic nitrogens is 1. The van der Waals surface area contributed by atoms with Gasteiger partial charge in [-0.3, -0.25) is 0 Å². The van der Waals surface area contributed by atoms with Gasteiger partial charge in [-0.2, -0.15) is 0 Å². The van der Waals surface area contributed by atoms with Crippen molar-refractivity contribution in [3.05, 3.63) is 36.0 Å². The number of carbonyl (C=O) groups is 1. The topological polar surface area (TPSA) is 82.5 Å². The lowest BCUT2D eigenvalue weighted by Crippen LogP contribution is -2.25. The molecule has 5 nitrogen and oxygen atoms in total. The van der Waals surface area contributed by atoms with E-state index in [1.807, 2.05) is 38.1 Å². The molecule has 2 aromatic rings. The summed E-state index contributed by atoms with van der Waals surface area (Å²) in [7, 11) is 0. The van der Waals surface area contributed by atoms with E-state index < -0.39 is 12.1 Å². The molecule has 3 N–H and O–H groups in total. The van der Waals surface area contributed by atoms with Crippen LogP contribution in [0.2, 0.25) is 0 Å². The van der Waals surface area contributed by atoms with E-state index in [0.717, 1.165) is 10.8 Å². The molecular formula is C15H18N2O3. The fraction of sp³-hybridized carbons (Fsp3) is 0.333. The molecule has 0 aliphatic carbocycles. The number of carboxylic acids is 1. The molecule has 20 heavy (non-hydrogen) atoms. The normalized spacial score (nSPS) is 12.6. The number of hydrogen-bond donors (Lipinski definition) is 3. The molecule has 1 atom stereocenters. The molecule has 0 fully saturated rings. The molecule has 0 amide bonds. The molecule has 0 aliphatic heterocycles. The number of hydrogen-bond acceptors (Lipinski definition) is 4. The zero-order chi connectivity index (χ0) is 14.7. The van der Waals surface area contributed by atoms with Crippen LogP contribution in [0.15, 0.2) is 30.3 Å². The lowest BCUT2D eigenvalue weighted by Gasteiger charge is -2.16. The smallest absolute Gasteiger partial charge is 0.354 e. The lowest BCUT2D eigenvalue weighted by molar-refractivity contribution is 0.0691. The first kappa shape index (κ1) is 14.3. The average molecular weight is 274 g/mol. The molecule has 1 heterocycles. The predicted octanol–water partition coefficient (Wildman–Crippen LogP) is 2.36. The summed E-state index contributed by atoms with van der Waals surface area (Å²) >= 11 is 0. The van der Waals surface area contributed by atoms with Crippen LogP contribution in [0.3, 0.4) is 0 Å². The SMILES string of the molecule is CC(C)C(O)CNc1nc(C(=O)O)cc2ccccc12. The summed E-state index contributed by atoms with van der Waals surface area (Å²) in [4.78, 5) is 15.2. The van der Waals surface area contributed by atoms with Crippen molar-refractivity contribution in [2.75, 3.05) is 11.9 Å². The van der Waals surface area contributed by atoms with E-state index in [1.165, 1.54) is 0 Å². The van der Waals surface area contributed by atoms with Gasteiger partial charge in [-0.15, -0.1) is 0 Å². The van der Waals surface area contributed by atoms with Crippen LogP contribution in [0.5, 0.6) is 0 Å². The van der Waals surface area contributed by atoms with Crippen molar-refractivity contribution in [2.24, 2.45) is 5.92 Å². The van der Waals surface area contributed by atoms with Crippen molar-refractivity contribution in [1.82, 2.24) is 4.98 Å². The van der Waals surface area contributed by atoms with Gasteiger partial charge in [-0.05, 0) is 17.4 Å². The van der Waals surface area contributed by atoms with Gasteiger partial charge in [0.2, 0.25) is 0 Å². The summed E-state index contributed by atoms with van der Waals surface area (Å²) in [5.74, 6) is -0.458. The minimum Gasteiger partial charge on any atom is -0.477 e. The Hall–Kier alpha value is -2.14. The summed E-state index contributed by atoms with van der Waals surface area (Å²) in [5, 5.41) is 23.6. The Morgan fingerprint density at radius 1 is 1.35 bits per heavy atom. The minimum atomic E-state index is -1.07. The van der Waals surface area contributed by atoms with Crippen LogP contribution >= 0.6 is 0 Å². The van der Waals surface area contributed by atoms with Crippen molar-refractivity contribution in [1.29, 1.82) is 0 Å². The Kier molecular flexibility index (Phi) is 4.20. The van der Waals surface area contributed by atoms with Gasteiger partial charge in [0.25, 0.3) is 0 Å². The van der Waals surface area contributed by atoms with Gasteiger partial charge in [0.15, 0.2) is 5.69 Å². The fourth-order valence-corrected chi connectivity index (χ4v) is 1.88. The standard InChI is InChI=1S/C15H18N2O3/c1-9(2)13(18)8-16-14-11-6-4-3-5-10(11)7-12(17-14)15(19)20/h3-7,9,13,18H,8H2,1-2H3,(H,16,17)(H,19,20). The van der Waals surface area contributed by atoms with Gasteiger partial charge in [0.1, 0.15) is 5.82 Å². The molecule has 1 aromatic heterocycles. The predicted molar refractivity (Wildman–Crippen MR) is 78.0 cm³/mol. The summed E-state index contributed by atoms with van der Waals surface area (Å²) < 4.78 is 0. The minimum absolute atomic E-state index is 0.00904. The Balaban J connectivity index is 2.37. The number of rotatable bonds is 5. The van der Waals surface area contributed by atoms with Crippen molar-refractivity contribution in [3.8, 4) is 0 Å². The average Bonchev–Trinajstić information content (AvgIpc) is 2.43. The molecule has 5 heteroatoms. The Bertz CT molecular complexity index is 626. The summed E-state index contributed by atoms with van der Waals surface area (Å²) in [6.45, 7) is 4.18. The number of fused-ring (bicyclic) bond motifs is 1. The number of aliphatic hydroxyl groups excluding tert-OH is 1. The van der Waals surface area contributed by atoms with E-state index in [9.17, 15) is 9.90 Å². The van der Waals surface area contributed by atoms with Crippen LogP contribution < -0.4 is 5.32 Å². The quantitative estimate of drug-likeness (QED) is 0.779. The number of pyridine rings is 1. The second kappa shape index (κ2) is 5.88. The van der Waals surface area contributed by atoms with Crippen LogP contribution in [0.4, 0.5) is 5.82 Å². The van der Waals surface area contributed by atoms with Crippen LogP contribution in [-0.4, -0.2) is 33.8 Å². The van der Waals surface area contributed by atoms with Gasteiger partial charge in [0.05, 0.1) is 6.10 Å². The van der Waals surface area contributed by atoms with E-state index in [1.54, 1.807) is 6.07 Å². The number of aromatic carboxylic acids is 1. The van der Waals surface area contributed by atoms with Crippen molar-refractivity contribution in [3.63, 3.8) is 0 Å². The largest absolute Gasteiger partial charge is 0.477 e. The van der Waals surface area contributed by atoms with Crippen molar-refractivity contribution < 1.29 is 15.0 Å². The zero-order valence-corrected chi connectivity index (χ0v) is 11.5. The monoisotopic (exact) mass is 274 g/mol. The molecule has 0 bridgehead atoms. The first-order valence-electron chi connectivity index (χ1n) is 6.54. The van der Waals surface area contributed by atoms with Gasteiger partial charge < -0.3 is 15.5 Å². The molecular weight excluding hydrogens is 256 g/mol. The molecule has 106 valence electrons. The second-order valence-electron chi connectivity index (χ2n) is 5.07. The maximum absolute atomic E-state index is 11.1. The van der Waals surface area contributed by atoms with E-state index >= 15 is 0 Å². The van der Waals surface area contributed by atoms with Gasteiger partial charge in [0, 0.05) is 11.9 Å². The van der Waals surface area contributed by atoms with Crippen LogP contribution in [-0.2, 0) is 0 Å². The second-order valence-corrected chi connectivity index (χ2v) is 5.07. The molecule has 2 rings (SSSR count). The van der Waals surface area contributed by atoms with E-state index in [-0.39, 0.29) is 11.6 Å². The fourth-order valence-electron chi connectivity index (χ4n) is 1.88. The highest BCUT2D eigenvalue weighted by Crippen LogP contribution is 2.22. The van der Waals surface area contributed by atoms with Crippen LogP contribution in [0.25, 0.3) is 10.8 Å². The molecule has 1 unspecified atom stereocenters. The van der Waals surface area contributed by atoms with Crippen LogP contribution in [0, 0.1) is 5.92 Å². The van der Waals surface area contributed by atoms with Crippen LogP contribution in [0.1, 0.15) is 24.3 Å². The van der Waals surface area contributed by atoms with Gasteiger partial charge in [-0.25, -0.2) is 9.78 Å². The molecule has 0 saturated heterocycles. The molecule has 0 aliphatic rings. The number of nitrogens with one attached hydrogen (secondary N) is 1. The first-order valence-corrected chi connectivity index (χ1v) is 6.54. The van der Waals surface area contributed by atoms with Crippen molar-refractivity contribution in [2.45, 2.75) is 20.0 Å². The van der Waals surface area contributed by atoms with E-state index in [2.05, 4.69) is 10.3 Å². The number of nitrogens with zero attached hydrogens (tertiary/aromatic N) is 1. The van der Waals surface area contributed by atoms with E-state index in [4.69, 9.17) is 5.11 Å². The Morgan fingerprint density at radius 3 is 2.70 bits per heavy atom. The number of benzene rings is 1. The summed E-state index contributed by atoms with van der Waals surface area (Å²) in [5.41, 5.74) is -0.00904. The van der Waals surface area contributed by atoms with Crippen molar-refractivity contribution >= 4 is 22.6 Å². The Morgan fingerprint density at radius 2 is 2.05 bits per heavy atom. The van der Waals surface area contributed by atoms with E-state index in [0.29, 0.717) is 12.4 Å². The third-order valence-electron chi connectivity index (χ3n) is 3.21. The maximum atomic E-state index is 11.1. The summed E-state index contributed by atoms with van der Waals surface area (Å²) in [6, 6.07) is 8.97. The highest BCUT2D eigenvalue weighted by atomic mass is 16.4. The number of anilines is 1. The molecule has 0 saturated carbocycles. The van der Waals surface area contributed by atoms with Gasteiger partial charge >= 0.3 is 5.97 Å². The highest BCUT2D eigenvalue weighted by Gasteiger charge is 2.13.